The van der Waals surface area contributed by atoms with Crippen LogP contribution in [0.15, 0.2) is 168 Å². The van der Waals surface area contributed by atoms with Crippen molar-refractivity contribution in [2.45, 2.75) is 70.2 Å². The van der Waals surface area contributed by atoms with Crippen LogP contribution in [0, 0.1) is 0 Å². The molecule has 4 atom stereocenters. The molecule has 1 aliphatic rings. The number of halogens is 3. The average Bonchev–Trinajstić information content (AvgIpc) is 3.91. The smallest absolute Gasteiger partial charge is 0.479 e. The van der Waals surface area contributed by atoms with Crippen LogP contribution in [0.3, 0.4) is 0 Å². The maximum absolute atomic E-state index is 12.9. The van der Waals surface area contributed by atoms with Crippen LogP contribution in [0.4, 0.5) is 15.3 Å². The minimum absolute atomic E-state index is 0.00207. The monoisotopic (exact) mass is 1240 g/mol. The Morgan fingerprint density at radius 3 is 1.67 bits per heavy atom. The van der Waals surface area contributed by atoms with Crippen LogP contribution in [-0.4, -0.2) is 129 Å². The molecule has 0 bridgehead atoms. The summed E-state index contributed by atoms with van der Waals surface area (Å²) in [6, 6.07) is 46.8. The van der Waals surface area contributed by atoms with E-state index < -0.39 is 60.9 Å². The number of aliphatic hydroxyl groups excluding tert-OH is 2. The molecule has 7 aromatic rings. The lowest BCUT2D eigenvalue weighted by Gasteiger charge is -2.21. The van der Waals surface area contributed by atoms with E-state index in [2.05, 4.69) is 44.8 Å². The fourth-order valence-corrected chi connectivity index (χ4v) is 8.84. The van der Waals surface area contributed by atoms with Gasteiger partial charge in [0.25, 0.3) is 11.8 Å². The number of nitrogens with one attached hydrogen (secondary N) is 3. The fraction of sp³-hybridized carbons (Fsp3) is 0.262. The molecule has 25 heteroatoms. The third kappa shape index (κ3) is 21.3. The Hall–Kier alpha value is -8.90. The zero-order valence-electron chi connectivity index (χ0n) is 46.6. The molecule has 0 aliphatic carbocycles. The molecule has 452 valence electrons. The molecule has 0 unspecified atom stereocenters. The summed E-state index contributed by atoms with van der Waals surface area (Å²) in [5.74, 6) is -3.40. The van der Waals surface area contributed by atoms with E-state index in [0.29, 0.717) is 40.2 Å². The number of para-hydroxylation sites is 2. The van der Waals surface area contributed by atoms with Gasteiger partial charge in [-0.1, -0.05) is 144 Å². The first-order valence-electron chi connectivity index (χ1n) is 26.8. The number of hydrogen-bond donors (Lipinski definition) is 6. The number of aliphatic hydroxyl groups is 2. The zero-order chi connectivity index (χ0) is 62.0. The number of amides is 2. The van der Waals surface area contributed by atoms with E-state index in [0.717, 1.165) is 38.1 Å². The van der Waals surface area contributed by atoms with Crippen LogP contribution < -0.4 is 21.3 Å². The number of aromatic nitrogens is 3. The highest BCUT2D eigenvalue weighted by Gasteiger charge is 2.28. The normalized spacial score (nSPS) is 13.0. The van der Waals surface area contributed by atoms with Crippen molar-refractivity contribution in [1.82, 2.24) is 25.4 Å². The standard InChI is InChI=1S/C31H32ClN3O7.C26H23ClN4O5.C4H7ClO3/c1-2-40-31(39)42-20-41-30(38)28(36)17-25(15-21-11-13-22(14-12-21)23-7-6-8-24(32)16-23)33-19-26-18-29(37)35(34-26)27-9-4-3-5-10-27;27-19-6-4-5-18(14-19)17-11-9-16(10-12-17)13-20(15-22(32)25(34)35)28-24(33)23-29-26(36)31(30-23)21-7-2-1-3-8-21;1-2-7-4(6)8-3-5/h3-14,16,25,28,33,36H,2,15,17-20H2,1H3;1-12,14,20,22,32H,13,15H2,(H,28,33)(H,34,35)(H,29,30,36);2-3H2,1H3/t25-,28+;20-,22-;/m01./s1. The molecule has 1 aromatic heterocycles. The summed E-state index contributed by atoms with van der Waals surface area (Å²) in [6.45, 7) is 3.33. The largest absolute Gasteiger partial charge is 0.511 e. The van der Waals surface area contributed by atoms with Gasteiger partial charge in [0.1, 0.15) is 0 Å². The Bertz CT molecular complexity index is 3440. The molecule has 8 rings (SSSR count). The van der Waals surface area contributed by atoms with E-state index >= 15 is 0 Å². The third-order valence-corrected chi connectivity index (χ3v) is 13.0. The Labute approximate surface area is 509 Å². The molecule has 0 radical (unpaired) electrons. The van der Waals surface area contributed by atoms with Gasteiger partial charge in [-0.05, 0) is 115 Å². The first-order chi connectivity index (χ1) is 41.4. The molecule has 86 heavy (non-hydrogen) atoms. The van der Waals surface area contributed by atoms with Gasteiger partial charge in [0.2, 0.25) is 12.6 Å². The predicted octanol–water partition coefficient (Wildman–Crippen LogP) is 9.14. The number of hydrogen-bond acceptors (Lipinski definition) is 17. The van der Waals surface area contributed by atoms with Gasteiger partial charge < -0.3 is 49.6 Å². The highest BCUT2D eigenvalue weighted by Crippen LogP contribution is 2.26. The number of H-pyrrole nitrogens is 1. The summed E-state index contributed by atoms with van der Waals surface area (Å²) in [5.41, 5.74) is 6.83. The minimum atomic E-state index is -1.68. The number of aromatic amines is 1. The summed E-state index contributed by atoms with van der Waals surface area (Å²) >= 11 is 17.2. The summed E-state index contributed by atoms with van der Waals surface area (Å²) < 4.78 is 23.7. The number of carbonyl (C=O) groups is 6. The zero-order valence-corrected chi connectivity index (χ0v) is 48.8. The van der Waals surface area contributed by atoms with Crippen molar-refractivity contribution in [3.63, 3.8) is 0 Å². The van der Waals surface area contributed by atoms with Crippen LogP contribution in [0.1, 0.15) is 54.9 Å². The van der Waals surface area contributed by atoms with Crippen molar-refractivity contribution in [1.29, 1.82) is 0 Å². The summed E-state index contributed by atoms with van der Waals surface area (Å²) in [7, 11) is 0. The fourth-order valence-electron chi connectivity index (χ4n) is 8.37. The van der Waals surface area contributed by atoms with E-state index in [9.17, 15) is 43.8 Å². The number of anilines is 1. The van der Waals surface area contributed by atoms with Crippen molar-refractivity contribution < 1.29 is 67.8 Å². The molecule has 22 nitrogen and oxygen atoms in total. The van der Waals surface area contributed by atoms with Gasteiger partial charge in [-0.25, -0.2) is 29.0 Å². The number of aliphatic carboxylic acids is 1. The summed E-state index contributed by atoms with van der Waals surface area (Å²) in [4.78, 5) is 85.2. The molecule has 0 fully saturated rings. The number of benzene rings is 6. The molecule has 6 aromatic carbocycles. The van der Waals surface area contributed by atoms with Crippen LogP contribution >= 0.6 is 34.8 Å². The number of ether oxygens (including phenoxy) is 5. The third-order valence-electron chi connectivity index (χ3n) is 12.4. The second kappa shape index (κ2) is 34.2. The Morgan fingerprint density at radius 2 is 1.15 bits per heavy atom. The highest BCUT2D eigenvalue weighted by atomic mass is 35.5. The number of esters is 1. The molecule has 6 N–H and O–H groups in total. The number of alkyl halides is 1. The molecular weight excluding hydrogens is 1180 g/mol. The maximum atomic E-state index is 12.9. The Kier molecular flexibility index (Phi) is 26.3. The molecular formula is C61H62Cl3N7O15. The quantitative estimate of drug-likeness (QED) is 0.0142. The lowest BCUT2D eigenvalue weighted by Crippen LogP contribution is -2.41. The van der Waals surface area contributed by atoms with Crippen molar-refractivity contribution in [3.05, 3.63) is 195 Å². The van der Waals surface area contributed by atoms with Gasteiger partial charge in [-0.3, -0.25) is 14.6 Å². The second-order valence-electron chi connectivity index (χ2n) is 18.7. The topological polar surface area (TPSA) is 300 Å². The molecule has 2 heterocycles. The Balaban J connectivity index is 0.000000246. The first kappa shape index (κ1) is 66.2. The second-order valence-corrected chi connectivity index (χ2v) is 19.8. The molecule has 0 saturated carbocycles. The number of carbonyl (C=O) groups excluding carboxylic acids is 5. The van der Waals surface area contributed by atoms with Crippen molar-refractivity contribution in [3.8, 4) is 27.9 Å². The molecule has 0 spiro atoms. The Morgan fingerprint density at radius 1 is 0.628 bits per heavy atom. The number of hydrazone groups is 1. The van der Waals surface area contributed by atoms with Crippen LogP contribution in [0.25, 0.3) is 27.9 Å². The van der Waals surface area contributed by atoms with E-state index in [1.807, 2.05) is 109 Å². The van der Waals surface area contributed by atoms with Crippen molar-refractivity contribution >= 4 is 82.3 Å². The summed E-state index contributed by atoms with van der Waals surface area (Å²) in [6.07, 6.45) is -4.25. The molecule has 2 amide bonds. The number of rotatable bonds is 24. The highest BCUT2D eigenvalue weighted by molar-refractivity contribution is 6.31. The molecule has 1 aliphatic heterocycles. The van der Waals surface area contributed by atoms with E-state index in [4.69, 9.17) is 44.6 Å². The van der Waals surface area contributed by atoms with Crippen molar-refractivity contribution in [2.75, 3.05) is 37.6 Å². The lowest BCUT2D eigenvalue weighted by atomic mass is 9.97. The van der Waals surface area contributed by atoms with Gasteiger partial charge in [-0.15, -0.1) is 5.10 Å². The first-order valence-corrected chi connectivity index (χ1v) is 28.1. The van der Waals surface area contributed by atoms with Crippen LogP contribution in [0.2, 0.25) is 10.0 Å². The van der Waals surface area contributed by atoms with Gasteiger partial charge >= 0.3 is 29.9 Å². The number of nitrogens with zero attached hydrogens (tertiary/aromatic N) is 4. The lowest BCUT2D eigenvalue weighted by molar-refractivity contribution is -0.163. The predicted molar refractivity (Wildman–Crippen MR) is 321 cm³/mol. The maximum Gasteiger partial charge on any atom is 0.511 e. The SMILES string of the molecule is CCOC(=O)OCCl.CCOC(=O)OCOC(=O)[C@H](O)C[C@H](Cc1ccc(-c2cccc(Cl)c2)cc1)NCC1=NN(c2ccccc2)C(=O)C1.O=C(N[C@H](Cc1ccc(-c2cccc(Cl)c2)cc1)C[C@@H](O)C(=O)O)c1nn(-c2ccccc2)c(=O)[nH]1. The average molecular weight is 1240 g/mol. The minimum Gasteiger partial charge on any atom is -0.479 e. The number of carboxylic acids is 1. The van der Waals surface area contributed by atoms with E-state index in [1.54, 1.807) is 62.4 Å². The van der Waals surface area contributed by atoms with Crippen LogP contribution in [0.5, 0.6) is 0 Å². The number of carboxylic acid groups (broad SMARTS) is 1. The van der Waals surface area contributed by atoms with Gasteiger partial charge in [-0.2, -0.15) is 9.78 Å². The summed E-state index contributed by atoms with van der Waals surface area (Å²) in [5, 5.41) is 46.9. The van der Waals surface area contributed by atoms with Gasteiger partial charge in [0.05, 0.1) is 36.7 Å². The van der Waals surface area contributed by atoms with Gasteiger partial charge in [0, 0.05) is 35.1 Å². The van der Waals surface area contributed by atoms with Crippen molar-refractivity contribution in [2.24, 2.45) is 5.10 Å². The van der Waals surface area contributed by atoms with Gasteiger partial charge in [0.15, 0.2) is 18.3 Å². The van der Waals surface area contributed by atoms with E-state index in [1.165, 1.54) is 5.01 Å². The van der Waals surface area contributed by atoms with E-state index in [-0.39, 0.29) is 62.7 Å². The van der Waals surface area contributed by atoms with Crippen LogP contribution in [-0.2, 0) is 50.9 Å². The molecule has 0 saturated heterocycles.